The molecule has 2 aromatic rings. The summed E-state index contributed by atoms with van der Waals surface area (Å²) in [6.07, 6.45) is 0.888. The normalized spacial score (nSPS) is 12.4. The predicted molar refractivity (Wildman–Crippen MR) is 80.6 cm³/mol. The molecule has 3 N–H and O–H groups in total. The first kappa shape index (κ1) is 14.1. The molecule has 1 unspecified atom stereocenters. The van der Waals surface area contributed by atoms with Gasteiger partial charge in [0.15, 0.2) is 0 Å². The second-order valence-electron chi connectivity index (χ2n) is 4.68. The van der Waals surface area contributed by atoms with Gasteiger partial charge in [-0.25, -0.2) is 0 Å². The molecule has 4 heteroatoms. The standard InChI is InChI=1S/C15H20N2OS/c1-10-5-4-6-11(2)13(10)8-14(17-16)15-7-12(18-3)9-19-15/h4-7,9,14,17H,8,16H2,1-3H3. The van der Waals surface area contributed by atoms with Gasteiger partial charge in [-0.1, -0.05) is 18.2 Å². The van der Waals surface area contributed by atoms with Crippen molar-refractivity contribution in [2.45, 2.75) is 26.3 Å². The van der Waals surface area contributed by atoms with E-state index in [2.05, 4.69) is 37.5 Å². The van der Waals surface area contributed by atoms with Gasteiger partial charge in [0.2, 0.25) is 0 Å². The second-order valence-corrected chi connectivity index (χ2v) is 5.63. The molecule has 0 amide bonds. The molecule has 0 saturated carbocycles. The van der Waals surface area contributed by atoms with E-state index in [1.54, 1.807) is 18.4 Å². The minimum Gasteiger partial charge on any atom is -0.496 e. The number of rotatable bonds is 5. The van der Waals surface area contributed by atoms with Crippen LogP contribution in [0.1, 0.15) is 27.6 Å². The van der Waals surface area contributed by atoms with E-state index < -0.39 is 0 Å². The monoisotopic (exact) mass is 276 g/mol. The number of hydrogen-bond donors (Lipinski definition) is 2. The third-order valence-corrected chi connectivity index (χ3v) is 4.45. The van der Waals surface area contributed by atoms with Crippen molar-refractivity contribution in [3.63, 3.8) is 0 Å². The van der Waals surface area contributed by atoms with E-state index in [1.807, 2.05) is 11.4 Å². The number of ether oxygens (including phenoxy) is 1. The Morgan fingerprint density at radius 2 is 2.00 bits per heavy atom. The lowest BCUT2D eigenvalue weighted by molar-refractivity contribution is 0.415. The zero-order chi connectivity index (χ0) is 13.8. The number of hydrogen-bond acceptors (Lipinski definition) is 4. The van der Waals surface area contributed by atoms with Crippen LogP contribution in [0.5, 0.6) is 5.75 Å². The van der Waals surface area contributed by atoms with Crippen LogP contribution in [0, 0.1) is 13.8 Å². The summed E-state index contributed by atoms with van der Waals surface area (Å²) in [5.74, 6) is 6.61. The van der Waals surface area contributed by atoms with Crippen molar-refractivity contribution in [2.24, 2.45) is 5.84 Å². The molecule has 0 bridgehead atoms. The second kappa shape index (κ2) is 6.19. The van der Waals surface area contributed by atoms with Crippen LogP contribution in [0.25, 0.3) is 0 Å². The topological polar surface area (TPSA) is 47.3 Å². The van der Waals surface area contributed by atoms with E-state index >= 15 is 0 Å². The fraction of sp³-hybridized carbons (Fsp3) is 0.333. The van der Waals surface area contributed by atoms with Crippen LogP contribution < -0.4 is 16.0 Å². The van der Waals surface area contributed by atoms with Crippen LogP contribution in [-0.4, -0.2) is 7.11 Å². The highest BCUT2D eigenvalue weighted by atomic mass is 32.1. The van der Waals surface area contributed by atoms with Crippen molar-refractivity contribution in [1.82, 2.24) is 5.43 Å². The minimum atomic E-state index is 0.119. The fourth-order valence-electron chi connectivity index (χ4n) is 2.24. The van der Waals surface area contributed by atoms with E-state index in [-0.39, 0.29) is 6.04 Å². The number of nitrogens with one attached hydrogen (secondary N) is 1. The number of hydrazine groups is 1. The first-order valence-electron chi connectivity index (χ1n) is 6.29. The Hall–Kier alpha value is -1.36. The van der Waals surface area contributed by atoms with Gasteiger partial charge in [0, 0.05) is 10.3 Å². The quantitative estimate of drug-likeness (QED) is 0.651. The lowest BCUT2D eigenvalue weighted by Gasteiger charge is -2.17. The average molecular weight is 276 g/mol. The van der Waals surface area contributed by atoms with E-state index in [4.69, 9.17) is 10.6 Å². The first-order valence-corrected chi connectivity index (χ1v) is 7.17. The summed E-state index contributed by atoms with van der Waals surface area (Å²) in [4.78, 5) is 1.20. The van der Waals surface area contributed by atoms with E-state index in [0.29, 0.717) is 0 Å². The van der Waals surface area contributed by atoms with E-state index in [9.17, 15) is 0 Å². The van der Waals surface area contributed by atoms with E-state index in [0.717, 1.165) is 12.2 Å². The molecule has 0 spiro atoms. The van der Waals surface area contributed by atoms with Crippen molar-refractivity contribution in [1.29, 1.82) is 0 Å². The van der Waals surface area contributed by atoms with Crippen LogP contribution >= 0.6 is 11.3 Å². The number of benzene rings is 1. The molecular formula is C15H20N2OS. The average Bonchev–Trinajstić information content (AvgIpc) is 2.87. The van der Waals surface area contributed by atoms with Gasteiger partial charge in [0.1, 0.15) is 5.75 Å². The van der Waals surface area contributed by atoms with Gasteiger partial charge in [-0.15, -0.1) is 11.3 Å². The van der Waals surface area contributed by atoms with Crippen molar-refractivity contribution in [3.05, 3.63) is 51.2 Å². The molecule has 0 aliphatic carbocycles. The molecule has 3 nitrogen and oxygen atoms in total. The molecule has 1 aromatic heterocycles. The summed E-state index contributed by atoms with van der Waals surface area (Å²) in [5, 5.41) is 2.00. The zero-order valence-corrected chi connectivity index (χ0v) is 12.4. The van der Waals surface area contributed by atoms with E-state index in [1.165, 1.54) is 21.6 Å². The van der Waals surface area contributed by atoms with Crippen LogP contribution in [0.3, 0.4) is 0 Å². The maximum Gasteiger partial charge on any atom is 0.129 e. The Balaban J connectivity index is 2.24. The molecule has 1 atom stereocenters. The SMILES string of the molecule is COc1csc(C(Cc2c(C)cccc2C)NN)c1. The summed E-state index contributed by atoms with van der Waals surface area (Å²) in [7, 11) is 1.68. The Morgan fingerprint density at radius 3 is 2.53 bits per heavy atom. The Labute approximate surface area is 118 Å². The molecule has 0 radical (unpaired) electrons. The summed E-state index contributed by atoms with van der Waals surface area (Å²) >= 11 is 1.67. The van der Waals surface area contributed by atoms with Gasteiger partial charge in [-0.3, -0.25) is 11.3 Å². The smallest absolute Gasteiger partial charge is 0.129 e. The summed E-state index contributed by atoms with van der Waals surface area (Å²) in [5.41, 5.74) is 6.89. The Kier molecular flexibility index (Phi) is 4.58. The van der Waals surface area contributed by atoms with Crippen molar-refractivity contribution in [2.75, 3.05) is 7.11 Å². The van der Waals surface area contributed by atoms with Gasteiger partial charge in [0.05, 0.1) is 13.2 Å². The third-order valence-electron chi connectivity index (χ3n) is 3.43. The zero-order valence-electron chi connectivity index (χ0n) is 11.6. The van der Waals surface area contributed by atoms with Crippen molar-refractivity contribution >= 4 is 11.3 Å². The highest BCUT2D eigenvalue weighted by Crippen LogP contribution is 2.30. The van der Waals surface area contributed by atoms with Gasteiger partial charge >= 0.3 is 0 Å². The number of nitrogens with two attached hydrogens (primary N) is 1. The molecule has 19 heavy (non-hydrogen) atoms. The predicted octanol–water partition coefficient (Wildman–Crippen LogP) is 3.12. The molecule has 0 fully saturated rings. The largest absolute Gasteiger partial charge is 0.496 e. The molecule has 1 aromatic carbocycles. The summed E-state index contributed by atoms with van der Waals surface area (Å²) in [6, 6.07) is 8.54. The number of methoxy groups -OCH3 is 1. The van der Waals surface area contributed by atoms with Gasteiger partial charge in [-0.2, -0.15) is 0 Å². The minimum absolute atomic E-state index is 0.119. The van der Waals surface area contributed by atoms with Crippen LogP contribution in [0.2, 0.25) is 0 Å². The highest BCUT2D eigenvalue weighted by Gasteiger charge is 2.15. The number of thiophene rings is 1. The number of aryl methyl sites for hydroxylation is 2. The third kappa shape index (κ3) is 3.15. The van der Waals surface area contributed by atoms with Crippen LogP contribution in [0.15, 0.2) is 29.6 Å². The van der Waals surface area contributed by atoms with Crippen molar-refractivity contribution in [3.8, 4) is 5.75 Å². The first-order chi connectivity index (χ1) is 9.15. The molecule has 0 saturated heterocycles. The summed E-state index contributed by atoms with van der Waals surface area (Å²) < 4.78 is 5.23. The highest BCUT2D eigenvalue weighted by molar-refractivity contribution is 7.10. The van der Waals surface area contributed by atoms with Gasteiger partial charge in [0.25, 0.3) is 0 Å². The molecule has 1 heterocycles. The molecule has 0 aliphatic heterocycles. The van der Waals surface area contributed by atoms with Gasteiger partial charge < -0.3 is 4.74 Å². The van der Waals surface area contributed by atoms with Gasteiger partial charge in [-0.05, 0) is 43.0 Å². The fourth-order valence-corrected chi connectivity index (χ4v) is 3.16. The molecule has 0 aliphatic rings. The van der Waals surface area contributed by atoms with Crippen LogP contribution in [0.4, 0.5) is 0 Å². The lowest BCUT2D eigenvalue weighted by atomic mass is 9.96. The molecular weight excluding hydrogens is 256 g/mol. The maximum atomic E-state index is 5.72. The summed E-state index contributed by atoms with van der Waals surface area (Å²) in [6.45, 7) is 4.29. The molecule has 2 rings (SSSR count). The molecule has 102 valence electrons. The Bertz CT molecular complexity index is 531. The van der Waals surface area contributed by atoms with Crippen molar-refractivity contribution < 1.29 is 4.74 Å². The maximum absolute atomic E-state index is 5.72. The Morgan fingerprint density at radius 1 is 1.32 bits per heavy atom. The lowest BCUT2D eigenvalue weighted by Crippen LogP contribution is -2.29. The van der Waals surface area contributed by atoms with Crippen LogP contribution in [-0.2, 0) is 6.42 Å².